The van der Waals surface area contributed by atoms with Crippen molar-refractivity contribution in [1.82, 2.24) is 15.0 Å². The Morgan fingerprint density at radius 3 is 2.58 bits per heavy atom. The predicted molar refractivity (Wildman–Crippen MR) is 97.1 cm³/mol. The van der Waals surface area contributed by atoms with Crippen LogP contribution < -0.4 is 10.6 Å². The van der Waals surface area contributed by atoms with E-state index in [9.17, 15) is 0 Å². The van der Waals surface area contributed by atoms with Gasteiger partial charge in [0.2, 0.25) is 5.95 Å². The third-order valence-electron chi connectivity index (χ3n) is 3.43. The highest BCUT2D eigenvalue weighted by Gasteiger charge is 2.04. The molecule has 24 heavy (non-hydrogen) atoms. The number of benzene rings is 1. The van der Waals surface area contributed by atoms with Gasteiger partial charge >= 0.3 is 0 Å². The summed E-state index contributed by atoms with van der Waals surface area (Å²) < 4.78 is 0. The van der Waals surface area contributed by atoms with Crippen molar-refractivity contribution in [2.75, 3.05) is 10.6 Å². The van der Waals surface area contributed by atoms with Gasteiger partial charge in [-0.3, -0.25) is 4.98 Å². The second-order valence-corrected chi connectivity index (χ2v) is 5.74. The van der Waals surface area contributed by atoms with Crippen molar-refractivity contribution in [3.8, 4) is 0 Å². The number of aryl methyl sites for hydroxylation is 1. The van der Waals surface area contributed by atoms with E-state index in [2.05, 4.69) is 25.6 Å². The summed E-state index contributed by atoms with van der Waals surface area (Å²) in [4.78, 5) is 13.2. The molecular weight excluding hydrogens is 322 g/mol. The molecule has 2 aromatic heterocycles. The van der Waals surface area contributed by atoms with E-state index < -0.39 is 0 Å². The maximum atomic E-state index is 6.17. The van der Waals surface area contributed by atoms with E-state index in [0.717, 1.165) is 27.8 Å². The third-order valence-corrected chi connectivity index (χ3v) is 3.79. The van der Waals surface area contributed by atoms with Gasteiger partial charge in [-0.05, 0) is 30.7 Å². The average molecular weight is 340 g/mol. The number of nitrogens with zero attached hydrogens (tertiary/aromatic N) is 3. The summed E-state index contributed by atoms with van der Waals surface area (Å²) in [5, 5.41) is 7.22. The number of hydrogen-bond acceptors (Lipinski definition) is 5. The standard InChI is InChI=1S/C18H18ClN5/c1-13-10-17(21-12-15-7-4-5-9-20-15)24-18(23-13)22-11-14-6-2-3-8-16(14)19/h2-10H,11-12H2,1H3,(H2,21,22,23,24). The Morgan fingerprint density at radius 1 is 0.958 bits per heavy atom. The molecule has 0 aliphatic rings. The zero-order valence-electron chi connectivity index (χ0n) is 13.3. The normalized spacial score (nSPS) is 10.4. The second-order valence-electron chi connectivity index (χ2n) is 5.34. The topological polar surface area (TPSA) is 62.7 Å². The van der Waals surface area contributed by atoms with Gasteiger partial charge < -0.3 is 10.6 Å². The first kappa shape index (κ1) is 16.2. The Morgan fingerprint density at radius 2 is 1.79 bits per heavy atom. The molecule has 0 aliphatic carbocycles. The molecule has 0 bridgehead atoms. The van der Waals surface area contributed by atoms with E-state index in [1.165, 1.54) is 0 Å². The van der Waals surface area contributed by atoms with Gasteiger partial charge in [0.25, 0.3) is 0 Å². The molecule has 0 spiro atoms. The van der Waals surface area contributed by atoms with Gasteiger partial charge in [0.05, 0.1) is 12.2 Å². The average Bonchev–Trinajstić information content (AvgIpc) is 2.60. The van der Waals surface area contributed by atoms with Gasteiger partial charge in [-0.1, -0.05) is 35.9 Å². The van der Waals surface area contributed by atoms with Crippen molar-refractivity contribution in [2.45, 2.75) is 20.0 Å². The van der Waals surface area contributed by atoms with Crippen LogP contribution in [0.25, 0.3) is 0 Å². The fourth-order valence-electron chi connectivity index (χ4n) is 2.24. The minimum absolute atomic E-state index is 0.568. The quantitative estimate of drug-likeness (QED) is 0.709. The molecule has 0 fully saturated rings. The molecule has 3 aromatic rings. The summed E-state index contributed by atoms with van der Waals surface area (Å²) in [5.41, 5.74) is 2.85. The fourth-order valence-corrected chi connectivity index (χ4v) is 2.44. The first-order valence-electron chi connectivity index (χ1n) is 7.67. The lowest BCUT2D eigenvalue weighted by molar-refractivity contribution is 0.993. The SMILES string of the molecule is Cc1cc(NCc2ccccn2)nc(NCc2ccccc2Cl)n1. The van der Waals surface area contributed by atoms with E-state index in [1.807, 2.05) is 55.5 Å². The van der Waals surface area contributed by atoms with Crippen molar-refractivity contribution >= 4 is 23.4 Å². The Labute approximate surface area is 146 Å². The van der Waals surface area contributed by atoms with Crippen LogP contribution in [-0.2, 0) is 13.1 Å². The van der Waals surface area contributed by atoms with E-state index in [4.69, 9.17) is 11.6 Å². The lowest BCUT2D eigenvalue weighted by Gasteiger charge is -2.10. The number of aromatic nitrogens is 3. The van der Waals surface area contributed by atoms with E-state index in [-0.39, 0.29) is 0 Å². The highest BCUT2D eigenvalue weighted by Crippen LogP contribution is 2.17. The van der Waals surface area contributed by atoms with E-state index in [0.29, 0.717) is 19.0 Å². The molecular formula is C18H18ClN5. The molecule has 0 atom stereocenters. The molecule has 6 heteroatoms. The van der Waals surface area contributed by atoms with Gasteiger partial charge in [-0.15, -0.1) is 0 Å². The lowest BCUT2D eigenvalue weighted by Crippen LogP contribution is -2.08. The molecule has 1 aromatic carbocycles. The Bertz CT molecular complexity index is 808. The Kier molecular flexibility index (Phi) is 5.23. The molecule has 5 nitrogen and oxygen atoms in total. The van der Waals surface area contributed by atoms with Crippen LogP contribution in [0.15, 0.2) is 54.7 Å². The molecule has 0 unspecified atom stereocenters. The fraction of sp³-hybridized carbons (Fsp3) is 0.167. The number of nitrogens with one attached hydrogen (secondary N) is 2. The maximum Gasteiger partial charge on any atom is 0.225 e. The Balaban J connectivity index is 1.66. The largest absolute Gasteiger partial charge is 0.364 e. The minimum atomic E-state index is 0.568. The molecule has 3 rings (SSSR count). The minimum Gasteiger partial charge on any atom is -0.364 e. The van der Waals surface area contributed by atoms with Gasteiger partial charge in [-0.25, -0.2) is 4.98 Å². The van der Waals surface area contributed by atoms with Crippen molar-refractivity contribution in [3.63, 3.8) is 0 Å². The summed E-state index contributed by atoms with van der Waals surface area (Å²) in [6, 6.07) is 15.5. The first-order chi connectivity index (χ1) is 11.7. The van der Waals surface area contributed by atoms with E-state index >= 15 is 0 Å². The first-order valence-corrected chi connectivity index (χ1v) is 8.05. The smallest absolute Gasteiger partial charge is 0.225 e. The van der Waals surface area contributed by atoms with Crippen LogP contribution >= 0.6 is 11.6 Å². The predicted octanol–water partition coefficient (Wildman–Crippen LogP) is 4.06. The maximum absolute atomic E-state index is 6.17. The van der Waals surface area contributed by atoms with Crippen LogP contribution in [0, 0.1) is 6.92 Å². The van der Waals surface area contributed by atoms with Gasteiger partial charge in [-0.2, -0.15) is 4.98 Å². The molecule has 2 N–H and O–H groups in total. The van der Waals surface area contributed by atoms with Crippen molar-refractivity contribution in [1.29, 1.82) is 0 Å². The Hall–Kier alpha value is -2.66. The summed E-state index contributed by atoms with van der Waals surface area (Å²) in [6.07, 6.45) is 1.78. The van der Waals surface area contributed by atoms with Crippen LogP contribution in [0.2, 0.25) is 5.02 Å². The number of pyridine rings is 1. The van der Waals surface area contributed by atoms with Crippen molar-refractivity contribution in [3.05, 3.63) is 76.7 Å². The number of halogens is 1. The summed E-state index contributed by atoms with van der Waals surface area (Å²) >= 11 is 6.17. The zero-order chi connectivity index (χ0) is 16.8. The molecule has 122 valence electrons. The van der Waals surface area contributed by atoms with E-state index in [1.54, 1.807) is 6.20 Å². The summed E-state index contributed by atoms with van der Waals surface area (Å²) in [5.74, 6) is 1.33. The summed E-state index contributed by atoms with van der Waals surface area (Å²) in [6.45, 7) is 3.12. The van der Waals surface area contributed by atoms with Crippen LogP contribution in [0.5, 0.6) is 0 Å². The second kappa shape index (κ2) is 7.75. The van der Waals surface area contributed by atoms with Crippen LogP contribution in [0.3, 0.4) is 0 Å². The highest BCUT2D eigenvalue weighted by molar-refractivity contribution is 6.31. The molecule has 0 aliphatic heterocycles. The van der Waals surface area contributed by atoms with Gasteiger partial charge in [0.1, 0.15) is 5.82 Å². The molecule has 0 amide bonds. The third kappa shape index (κ3) is 4.43. The number of hydrogen-bond donors (Lipinski definition) is 2. The van der Waals surface area contributed by atoms with Gasteiger partial charge in [0.15, 0.2) is 0 Å². The molecule has 2 heterocycles. The number of anilines is 2. The van der Waals surface area contributed by atoms with Crippen molar-refractivity contribution < 1.29 is 0 Å². The lowest BCUT2D eigenvalue weighted by atomic mass is 10.2. The summed E-state index contributed by atoms with van der Waals surface area (Å²) in [7, 11) is 0. The molecule has 0 radical (unpaired) electrons. The zero-order valence-corrected chi connectivity index (χ0v) is 14.1. The van der Waals surface area contributed by atoms with Crippen LogP contribution in [-0.4, -0.2) is 15.0 Å². The molecule has 0 saturated heterocycles. The molecule has 0 saturated carbocycles. The number of rotatable bonds is 6. The van der Waals surface area contributed by atoms with Crippen molar-refractivity contribution in [2.24, 2.45) is 0 Å². The highest BCUT2D eigenvalue weighted by atomic mass is 35.5. The monoisotopic (exact) mass is 339 g/mol. The van der Waals surface area contributed by atoms with Crippen LogP contribution in [0.1, 0.15) is 17.0 Å². The van der Waals surface area contributed by atoms with Gasteiger partial charge in [0, 0.05) is 29.5 Å². The van der Waals surface area contributed by atoms with Crippen LogP contribution in [0.4, 0.5) is 11.8 Å².